The van der Waals surface area contributed by atoms with Gasteiger partial charge in [-0.25, -0.2) is 0 Å². The number of rotatable bonds is 10. The normalized spacial score (nSPS) is 29.8. The van der Waals surface area contributed by atoms with E-state index in [0.717, 1.165) is 30.6 Å². The van der Waals surface area contributed by atoms with Crippen molar-refractivity contribution < 1.29 is 13.6 Å². The van der Waals surface area contributed by atoms with Crippen LogP contribution in [0.4, 0.5) is 0 Å². The van der Waals surface area contributed by atoms with Crippen LogP contribution < -0.4 is 0 Å². The Morgan fingerprint density at radius 1 is 1.09 bits per heavy atom. The van der Waals surface area contributed by atoms with Crippen molar-refractivity contribution in [3.8, 4) is 0 Å². The molecule has 2 rings (SSSR count). The first-order valence-corrected chi connectivity index (χ1v) is 19.7. The van der Waals surface area contributed by atoms with E-state index in [9.17, 15) is 4.79 Å². The van der Waals surface area contributed by atoms with Crippen LogP contribution in [-0.4, -0.2) is 29.5 Å². The van der Waals surface area contributed by atoms with E-state index in [-0.39, 0.29) is 33.9 Å². The topological polar surface area (TPSA) is 35.5 Å². The number of carbonyl (C=O) groups is 1. The van der Waals surface area contributed by atoms with E-state index in [1.165, 1.54) is 19.3 Å². The number of carbonyl (C=O) groups excluding carboxylic acids is 1. The van der Waals surface area contributed by atoms with Gasteiger partial charge in [0.2, 0.25) is 9.04 Å². The van der Waals surface area contributed by atoms with Gasteiger partial charge in [-0.1, -0.05) is 74.8 Å². The molecule has 35 heavy (non-hydrogen) atoms. The fraction of sp³-hybridized carbons (Fsp3) is 0.833. The van der Waals surface area contributed by atoms with Crippen LogP contribution in [0.5, 0.6) is 0 Å². The van der Waals surface area contributed by atoms with Crippen molar-refractivity contribution in [1.82, 2.24) is 0 Å². The Morgan fingerprint density at radius 2 is 1.69 bits per heavy atom. The maximum Gasteiger partial charge on any atom is 0.229 e. The van der Waals surface area contributed by atoms with Crippen LogP contribution >= 0.6 is 0 Å². The molecule has 0 aromatic rings. The standard InChI is InChI=1S/C30H56O3Si2/c1-14-15-17-29(9,28(6,7)8)18-16-24(32-34(10)11)25-22-19-21(2)26(31)30(22,33-35(12)13)20-23(25)27(3,4)5/h16,22-23,25,34-35H,2,14-15,17-20H2,1,3-13H3/t22-,23+,25+,29?,30-/m0/s1. The largest absolute Gasteiger partial charge is 0.550 e. The second-order valence-corrected chi connectivity index (χ2v) is 19.1. The number of hydrogen-bond acceptors (Lipinski definition) is 3. The van der Waals surface area contributed by atoms with Gasteiger partial charge in [0.15, 0.2) is 14.8 Å². The molecule has 2 fully saturated rings. The lowest BCUT2D eigenvalue weighted by molar-refractivity contribution is -0.130. The van der Waals surface area contributed by atoms with Gasteiger partial charge in [-0.05, 0) is 85.7 Å². The molecule has 0 heterocycles. The summed E-state index contributed by atoms with van der Waals surface area (Å²) in [7, 11) is -2.78. The van der Waals surface area contributed by atoms with Gasteiger partial charge in [-0.3, -0.25) is 4.79 Å². The SMILES string of the molecule is C=C1C[C@H]2[C@@H](C(=CCC(C)(CCCC)C(C)(C)C)O[SiH](C)C)[C@H](C(C)(C)C)C[C@@]2(O[SiH](C)C)C1=O. The van der Waals surface area contributed by atoms with Crippen LogP contribution in [0.25, 0.3) is 0 Å². The lowest BCUT2D eigenvalue weighted by Crippen LogP contribution is -2.44. The molecule has 202 valence electrons. The molecule has 0 spiro atoms. The summed E-state index contributed by atoms with van der Waals surface area (Å²) < 4.78 is 13.5. The summed E-state index contributed by atoms with van der Waals surface area (Å²) in [6, 6.07) is 0. The van der Waals surface area contributed by atoms with Gasteiger partial charge in [0.05, 0.1) is 5.76 Å². The van der Waals surface area contributed by atoms with E-state index < -0.39 is 23.7 Å². The van der Waals surface area contributed by atoms with Crippen LogP contribution in [-0.2, 0) is 13.6 Å². The van der Waals surface area contributed by atoms with Crippen molar-refractivity contribution in [1.29, 1.82) is 0 Å². The lowest BCUT2D eigenvalue weighted by atomic mass is 9.63. The average molecular weight is 521 g/mol. The van der Waals surface area contributed by atoms with E-state index >= 15 is 0 Å². The summed E-state index contributed by atoms with van der Waals surface area (Å²) in [5, 5.41) is 0. The lowest BCUT2D eigenvalue weighted by Gasteiger charge is -2.43. The maximum atomic E-state index is 13.6. The fourth-order valence-electron chi connectivity index (χ4n) is 6.45. The number of ketones is 1. The van der Waals surface area contributed by atoms with E-state index in [4.69, 9.17) is 8.85 Å². The van der Waals surface area contributed by atoms with Crippen LogP contribution in [0.3, 0.4) is 0 Å². The molecule has 0 aromatic carbocycles. The molecule has 5 atom stereocenters. The quantitative estimate of drug-likeness (QED) is 0.166. The molecule has 2 aliphatic rings. The molecular formula is C30H56O3Si2. The average Bonchev–Trinajstić information content (AvgIpc) is 3.13. The predicted molar refractivity (Wildman–Crippen MR) is 156 cm³/mol. The van der Waals surface area contributed by atoms with Crippen LogP contribution in [0, 0.1) is 34.0 Å². The highest BCUT2D eigenvalue weighted by Crippen LogP contribution is 2.61. The number of allylic oxidation sites excluding steroid dienone is 2. The highest BCUT2D eigenvalue weighted by Gasteiger charge is 2.65. The minimum absolute atomic E-state index is 0.0576. The second kappa shape index (κ2) is 11.0. The van der Waals surface area contributed by atoms with Gasteiger partial charge in [0.25, 0.3) is 0 Å². The summed E-state index contributed by atoms with van der Waals surface area (Å²) in [5.74, 6) is 2.01. The second-order valence-electron chi connectivity index (χ2n) is 14.4. The molecule has 0 amide bonds. The Kier molecular flexibility index (Phi) is 9.60. The van der Waals surface area contributed by atoms with Crippen molar-refractivity contribution in [3.05, 3.63) is 24.0 Å². The van der Waals surface area contributed by atoms with Gasteiger partial charge in [-0.2, -0.15) is 0 Å². The highest BCUT2D eigenvalue weighted by molar-refractivity contribution is 6.49. The molecule has 0 saturated heterocycles. The Bertz CT molecular complexity index is 801. The predicted octanol–water partition coefficient (Wildman–Crippen LogP) is 8.07. The number of hydrogen-bond donors (Lipinski definition) is 0. The molecule has 0 bridgehead atoms. The zero-order valence-corrected chi connectivity index (χ0v) is 27.4. The van der Waals surface area contributed by atoms with Gasteiger partial charge in [-0.15, -0.1) is 0 Å². The Balaban J connectivity index is 2.62. The van der Waals surface area contributed by atoms with E-state index in [1.54, 1.807) is 0 Å². The van der Waals surface area contributed by atoms with E-state index in [2.05, 4.69) is 94.2 Å². The third-order valence-electron chi connectivity index (χ3n) is 9.07. The van der Waals surface area contributed by atoms with Crippen molar-refractivity contribution >= 4 is 23.9 Å². The number of Topliss-reactive ketones (excluding diaryl/α,β-unsaturated/α-hetero) is 1. The Hall–Kier alpha value is -0.656. The Morgan fingerprint density at radius 3 is 2.14 bits per heavy atom. The van der Waals surface area contributed by atoms with Crippen molar-refractivity contribution in [2.75, 3.05) is 0 Å². The zero-order chi connectivity index (χ0) is 27.0. The summed E-state index contributed by atoms with van der Waals surface area (Å²) in [6.45, 7) is 32.0. The molecule has 0 aromatic heterocycles. The first-order valence-electron chi connectivity index (χ1n) is 14.2. The van der Waals surface area contributed by atoms with Crippen LogP contribution in [0.2, 0.25) is 26.2 Å². The first kappa shape index (κ1) is 30.6. The molecular weight excluding hydrogens is 464 g/mol. The smallest absolute Gasteiger partial charge is 0.229 e. The van der Waals surface area contributed by atoms with Gasteiger partial charge in [0, 0.05) is 11.8 Å². The number of unbranched alkanes of at least 4 members (excludes halogenated alkanes) is 1. The zero-order valence-electron chi connectivity index (χ0n) is 25.1. The molecule has 0 aliphatic heterocycles. The molecule has 1 unspecified atom stereocenters. The first-order chi connectivity index (χ1) is 15.9. The molecule has 0 radical (unpaired) electrons. The van der Waals surface area contributed by atoms with Gasteiger partial charge < -0.3 is 8.85 Å². The van der Waals surface area contributed by atoms with Crippen LogP contribution in [0.1, 0.15) is 93.9 Å². The molecule has 5 heteroatoms. The van der Waals surface area contributed by atoms with Crippen LogP contribution in [0.15, 0.2) is 24.0 Å². The molecule has 2 aliphatic carbocycles. The van der Waals surface area contributed by atoms with Crippen molar-refractivity contribution in [2.24, 2.45) is 34.0 Å². The monoisotopic (exact) mass is 520 g/mol. The molecule has 3 nitrogen and oxygen atoms in total. The molecule has 2 saturated carbocycles. The minimum atomic E-state index is -1.43. The van der Waals surface area contributed by atoms with E-state index in [0.29, 0.717) is 5.92 Å². The summed E-state index contributed by atoms with van der Waals surface area (Å²) in [6.07, 6.45) is 8.68. The van der Waals surface area contributed by atoms with Crippen molar-refractivity contribution in [3.63, 3.8) is 0 Å². The maximum absolute atomic E-state index is 13.6. The van der Waals surface area contributed by atoms with Gasteiger partial charge in [0.1, 0.15) is 5.60 Å². The summed E-state index contributed by atoms with van der Waals surface area (Å²) in [5.41, 5.74) is 0.509. The van der Waals surface area contributed by atoms with Gasteiger partial charge >= 0.3 is 0 Å². The third-order valence-corrected chi connectivity index (χ3v) is 10.7. The third kappa shape index (κ3) is 6.44. The summed E-state index contributed by atoms with van der Waals surface area (Å²) >= 11 is 0. The summed E-state index contributed by atoms with van der Waals surface area (Å²) in [4.78, 5) is 13.6. The number of fused-ring (bicyclic) bond motifs is 1. The Labute approximate surface area is 221 Å². The fourth-order valence-corrected chi connectivity index (χ4v) is 8.46. The minimum Gasteiger partial charge on any atom is -0.550 e. The van der Waals surface area contributed by atoms with Crippen molar-refractivity contribution in [2.45, 2.75) is 126 Å². The van der Waals surface area contributed by atoms with E-state index in [1.807, 2.05) is 0 Å². The highest BCUT2D eigenvalue weighted by atomic mass is 28.3. The molecule has 0 N–H and O–H groups in total.